The molecule has 0 aromatic heterocycles. The Kier molecular flexibility index (Phi) is 4.98. The summed E-state index contributed by atoms with van der Waals surface area (Å²) in [6, 6.07) is 7.02. The predicted octanol–water partition coefficient (Wildman–Crippen LogP) is 0.976. The van der Waals surface area contributed by atoms with E-state index in [9.17, 15) is 8.42 Å². The van der Waals surface area contributed by atoms with Crippen molar-refractivity contribution in [3.63, 3.8) is 0 Å². The SMILES string of the molecule is Cc1cccc(S(=O)(=O)N2CCN(C(C)C(N)=S)CC2)c1. The predicted molar refractivity (Wildman–Crippen MR) is 87.8 cm³/mol. The Bertz CT molecular complexity index is 623. The van der Waals surface area contributed by atoms with E-state index in [2.05, 4.69) is 4.90 Å². The second-order valence-electron chi connectivity index (χ2n) is 5.33. The molecule has 1 saturated heterocycles. The van der Waals surface area contributed by atoms with Gasteiger partial charge in [0, 0.05) is 26.2 Å². The molecule has 1 atom stereocenters. The standard InChI is InChI=1S/C14H21N3O2S2/c1-11-4-3-5-13(10-11)21(18,19)17-8-6-16(7-9-17)12(2)14(15)20/h3-5,10,12H,6-9H2,1-2H3,(H2,15,20). The highest BCUT2D eigenvalue weighted by Gasteiger charge is 2.30. The lowest BCUT2D eigenvalue weighted by Gasteiger charge is -2.37. The minimum atomic E-state index is -3.41. The minimum absolute atomic E-state index is 0.00354. The molecule has 1 aromatic carbocycles. The molecule has 0 aliphatic carbocycles. The number of thiocarbonyl (C=S) groups is 1. The first-order valence-electron chi connectivity index (χ1n) is 6.92. The maximum Gasteiger partial charge on any atom is 0.243 e. The van der Waals surface area contributed by atoms with Gasteiger partial charge in [0.2, 0.25) is 10.0 Å². The summed E-state index contributed by atoms with van der Waals surface area (Å²) in [5.41, 5.74) is 6.59. The van der Waals surface area contributed by atoms with Gasteiger partial charge in [-0.1, -0.05) is 24.4 Å². The monoisotopic (exact) mass is 327 g/mol. The summed E-state index contributed by atoms with van der Waals surface area (Å²) in [4.78, 5) is 2.92. The Hall–Kier alpha value is -1.02. The number of rotatable bonds is 4. The molecule has 7 heteroatoms. The average Bonchev–Trinajstić information content (AvgIpc) is 2.46. The van der Waals surface area contributed by atoms with Gasteiger partial charge >= 0.3 is 0 Å². The number of nitrogens with two attached hydrogens (primary N) is 1. The Labute approximate surface area is 131 Å². The fourth-order valence-electron chi connectivity index (χ4n) is 2.44. The molecule has 21 heavy (non-hydrogen) atoms. The van der Waals surface area contributed by atoms with Gasteiger partial charge in [0.05, 0.1) is 15.9 Å². The quantitative estimate of drug-likeness (QED) is 0.835. The fraction of sp³-hybridized carbons (Fsp3) is 0.500. The van der Waals surface area contributed by atoms with Crippen LogP contribution in [0.25, 0.3) is 0 Å². The van der Waals surface area contributed by atoms with Gasteiger partial charge in [0.25, 0.3) is 0 Å². The third-order valence-electron chi connectivity index (χ3n) is 3.86. The molecular weight excluding hydrogens is 306 g/mol. The number of hydrogen-bond acceptors (Lipinski definition) is 4. The summed E-state index contributed by atoms with van der Waals surface area (Å²) < 4.78 is 26.7. The van der Waals surface area contributed by atoms with Crippen LogP contribution >= 0.6 is 12.2 Å². The van der Waals surface area contributed by atoms with Crippen molar-refractivity contribution >= 4 is 27.2 Å². The molecule has 0 amide bonds. The molecule has 1 fully saturated rings. The molecule has 0 bridgehead atoms. The number of benzene rings is 1. The largest absolute Gasteiger partial charge is 0.392 e. The van der Waals surface area contributed by atoms with Crippen molar-refractivity contribution in [3.8, 4) is 0 Å². The Balaban J connectivity index is 2.09. The number of aryl methyl sites for hydroxylation is 1. The van der Waals surface area contributed by atoms with Crippen molar-refractivity contribution in [2.45, 2.75) is 24.8 Å². The van der Waals surface area contributed by atoms with E-state index in [1.165, 1.54) is 4.31 Å². The van der Waals surface area contributed by atoms with E-state index in [1.807, 2.05) is 19.9 Å². The van der Waals surface area contributed by atoms with E-state index in [0.29, 0.717) is 36.1 Å². The number of piperazine rings is 1. The zero-order valence-electron chi connectivity index (χ0n) is 12.3. The first-order valence-corrected chi connectivity index (χ1v) is 8.77. The van der Waals surface area contributed by atoms with E-state index in [-0.39, 0.29) is 6.04 Å². The Morgan fingerprint density at radius 2 is 1.90 bits per heavy atom. The number of nitrogens with zero attached hydrogens (tertiary/aromatic N) is 2. The van der Waals surface area contributed by atoms with Gasteiger partial charge in [-0.05, 0) is 31.5 Å². The summed E-state index contributed by atoms with van der Waals surface area (Å²) in [7, 11) is -3.41. The fourth-order valence-corrected chi connectivity index (χ4v) is 4.11. The van der Waals surface area contributed by atoms with Crippen molar-refractivity contribution in [1.82, 2.24) is 9.21 Å². The highest BCUT2D eigenvalue weighted by atomic mass is 32.2. The van der Waals surface area contributed by atoms with E-state index in [1.54, 1.807) is 18.2 Å². The van der Waals surface area contributed by atoms with Crippen LogP contribution in [0, 0.1) is 6.92 Å². The van der Waals surface area contributed by atoms with Gasteiger partial charge < -0.3 is 5.73 Å². The van der Waals surface area contributed by atoms with Crippen molar-refractivity contribution < 1.29 is 8.42 Å². The van der Waals surface area contributed by atoms with Gasteiger partial charge in [0.1, 0.15) is 0 Å². The first-order chi connectivity index (χ1) is 9.82. The Morgan fingerprint density at radius 3 is 2.43 bits per heavy atom. The van der Waals surface area contributed by atoms with Crippen LogP contribution in [-0.2, 0) is 10.0 Å². The molecule has 0 saturated carbocycles. The summed E-state index contributed by atoms with van der Waals surface area (Å²) in [6.45, 7) is 6.05. The molecular formula is C14H21N3O2S2. The molecule has 2 rings (SSSR count). The van der Waals surface area contributed by atoms with Crippen LogP contribution in [0.4, 0.5) is 0 Å². The molecule has 1 heterocycles. The number of sulfonamides is 1. The van der Waals surface area contributed by atoms with Gasteiger partial charge in [-0.2, -0.15) is 4.31 Å². The second kappa shape index (κ2) is 6.39. The van der Waals surface area contributed by atoms with Gasteiger partial charge in [-0.15, -0.1) is 0 Å². The highest BCUT2D eigenvalue weighted by molar-refractivity contribution is 7.89. The van der Waals surface area contributed by atoms with Crippen LogP contribution in [0.2, 0.25) is 0 Å². The van der Waals surface area contributed by atoms with Crippen LogP contribution in [0.3, 0.4) is 0 Å². The molecule has 5 nitrogen and oxygen atoms in total. The molecule has 1 aromatic rings. The molecule has 116 valence electrons. The third kappa shape index (κ3) is 3.60. The Morgan fingerprint density at radius 1 is 1.29 bits per heavy atom. The van der Waals surface area contributed by atoms with E-state index < -0.39 is 10.0 Å². The lowest BCUT2D eigenvalue weighted by atomic mass is 10.2. The van der Waals surface area contributed by atoms with Crippen molar-refractivity contribution in [2.24, 2.45) is 5.73 Å². The summed E-state index contributed by atoms with van der Waals surface area (Å²) >= 11 is 5.00. The molecule has 1 aliphatic rings. The zero-order chi connectivity index (χ0) is 15.6. The van der Waals surface area contributed by atoms with Gasteiger partial charge in [0.15, 0.2) is 0 Å². The topological polar surface area (TPSA) is 66.6 Å². The van der Waals surface area contributed by atoms with Gasteiger partial charge in [-0.3, -0.25) is 4.90 Å². The second-order valence-corrected chi connectivity index (χ2v) is 7.74. The zero-order valence-corrected chi connectivity index (χ0v) is 14.0. The van der Waals surface area contributed by atoms with Crippen LogP contribution in [0.15, 0.2) is 29.2 Å². The van der Waals surface area contributed by atoms with Crippen LogP contribution in [0.5, 0.6) is 0 Å². The van der Waals surface area contributed by atoms with E-state index >= 15 is 0 Å². The van der Waals surface area contributed by atoms with Crippen molar-refractivity contribution in [1.29, 1.82) is 0 Å². The molecule has 2 N–H and O–H groups in total. The van der Waals surface area contributed by atoms with E-state index in [0.717, 1.165) is 5.56 Å². The normalized spacial score (nSPS) is 19.3. The summed E-state index contributed by atoms with van der Waals surface area (Å²) in [5, 5.41) is 0. The third-order valence-corrected chi connectivity index (χ3v) is 6.10. The van der Waals surface area contributed by atoms with E-state index in [4.69, 9.17) is 18.0 Å². The molecule has 1 unspecified atom stereocenters. The first kappa shape index (κ1) is 16.4. The molecule has 1 aliphatic heterocycles. The molecule has 0 radical (unpaired) electrons. The highest BCUT2D eigenvalue weighted by Crippen LogP contribution is 2.19. The van der Waals surface area contributed by atoms with Crippen LogP contribution in [-0.4, -0.2) is 54.8 Å². The summed E-state index contributed by atoms with van der Waals surface area (Å²) in [6.07, 6.45) is 0. The summed E-state index contributed by atoms with van der Waals surface area (Å²) in [5.74, 6) is 0. The lowest BCUT2D eigenvalue weighted by molar-refractivity contribution is 0.175. The minimum Gasteiger partial charge on any atom is -0.392 e. The lowest BCUT2D eigenvalue weighted by Crippen LogP contribution is -2.53. The van der Waals surface area contributed by atoms with Crippen LogP contribution in [0.1, 0.15) is 12.5 Å². The smallest absolute Gasteiger partial charge is 0.243 e. The average molecular weight is 327 g/mol. The van der Waals surface area contributed by atoms with Crippen molar-refractivity contribution in [3.05, 3.63) is 29.8 Å². The van der Waals surface area contributed by atoms with Crippen LogP contribution < -0.4 is 5.73 Å². The van der Waals surface area contributed by atoms with Gasteiger partial charge in [-0.25, -0.2) is 8.42 Å². The maximum absolute atomic E-state index is 12.6. The maximum atomic E-state index is 12.6. The molecule has 0 spiro atoms. The number of hydrogen-bond donors (Lipinski definition) is 1. The van der Waals surface area contributed by atoms with Crippen molar-refractivity contribution in [2.75, 3.05) is 26.2 Å².